The van der Waals surface area contributed by atoms with Gasteiger partial charge < -0.3 is 4.74 Å². The van der Waals surface area contributed by atoms with Crippen LogP contribution < -0.4 is 4.74 Å². The summed E-state index contributed by atoms with van der Waals surface area (Å²) in [7, 11) is 0. The average Bonchev–Trinajstić information content (AvgIpc) is 1.99. The lowest BCUT2D eigenvalue weighted by Crippen LogP contribution is -2.06. The zero-order valence-corrected chi connectivity index (χ0v) is 10.2. The number of hydrogen-bond acceptors (Lipinski definition) is 1. The Labute approximate surface area is 96.7 Å². The van der Waals surface area contributed by atoms with E-state index in [-0.39, 0.29) is 0 Å². The van der Waals surface area contributed by atoms with Crippen molar-refractivity contribution in [1.29, 1.82) is 0 Å². The van der Waals surface area contributed by atoms with Crippen molar-refractivity contribution in [1.82, 2.24) is 0 Å². The van der Waals surface area contributed by atoms with Crippen molar-refractivity contribution in [2.24, 2.45) is 0 Å². The molecular weight excluding hydrogens is 357 g/mol. The van der Waals surface area contributed by atoms with Crippen molar-refractivity contribution in [2.45, 2.75) is 6.43 Å². The van der Waals surface area contributed by atoms with E-state index in [0.717, 1.165) is 8.04 Å². The maximum Gasteiger partial charge on any atom is 0.272 e. The van der Waals surface area contributed by atoms with Crippen molar-refractivity contribution in [3.05, 3.63) is 26.2 Å². The van der Waals surface area contributed by atoms with Gasteiger partial charge in [-0.15, -0.1) is 0 Å². The number of alkyl halides is 2. The largest absolute Gasteiger partial charge is 0.488 e. The molecule has 0 aliphatic heterocycles. The highest BCUT2D eigenvalue weighted by molar-refractivity contribution is 14.1. The molecule has 5 heteroatoms. The number of halogens is 4. The molecule has 0 aromatic heterocycles. The Kier molecular flexibility index (Phi) is 4.37. The normalized spacial score (nSPS) is 10.5. The van der Waals surface area contributed by atoms with Gasteiger partial charge in [-0.25, -0.2) is 8.78 Å². The molecule has 0 N–H and O–H groups in total. The Morgan fingerprint density at radius 1 is 1.38 bits per heavy atom. The zero-order valence-electron chi connectivity index (χ0n) is 6.44. The second-order valence-electron chi connectivity index (χ2n) is 2.31. The molecule has 0 aliphatic rings. The number of benzene rings is 1. The Morgan fingerprint density at radius 3 is 2.62 bits per heavy atom. The van der Waals surface area contributed by atoms with Gasteiger partial charge in [-0.2, -0.15) is 0 Å². The molecule has 0 saturated carbocycles. The maximum absolute atomic E-state index is 11.8. The summed E-state index contributed by atoms with van der Waals surface area (Å²) in [5.74, 6) is 0.457. The second-order valence-corrected chi connectivity index (χ2v) is 4.47. The molecule has 0 fully saturated rings. The molecule has 1 aromatic rings. The first-order valence-corrected chi connectivity index (χ1v) is 5.32. The van der Waals surface area contributed by atoms with Crippen LogP contribution in [0.5, 0.6) is 5.75 Å². The third kappa shape index (κ3) is 4.21. The topological polar surface area (TPSA) is 9.23 Å². The molecule has 1 nitrogen and oxygen atoms in total. The van der Waals surface area contributed by atoms with Gasteiger partial charge >= 0.3 is 0 Å². The lowest BCUT2D eigenvalue weighted by Gasteiger charge is -2.05. The molecule has 72 valence electrons. The fourth-order valence-electron chi connectivity index (χ4n) is 0.771. The van der Waals surface area contributed by atoms with Crippen LogP contribution in [0.4, 0.5) is 8.78 Å². The van der Waals surface area contributed by atoms with Crippen molar-refractivity contribution in [3.63, 3.8) is 0 Å². The van der Waals surface area contributed by atoms with E-state index < -0.39 is 13.0 Å². The summed E-state index contributed by atoms with van der Waals surface area (Å²) < 4.78 is 30.2. The summed E-state index contributed by atoms with van der Waals surface area (Å²) in [6, 6.07) is 5.23. The van der Waals surface area contributed by atoms with Gasteiger partial charge in [0.2, 0.25) is 0 Å². The minimum atomic E-state index is -2.43. The quantitative estimate of drug-likeness (QED) is 0.745. The first-order valence-electron chi connectivity index (χ1n) is 3.45. The predicted molar refractivity (Wildman–Crippen MR) is 58.4 cm³/mol. The molecular formula is C8H6BrF2IO. The molecule has 1 rings (SSSR count). The molecule has 0 spiro atoms. The smallest absolute Gasteiger partial charge is 0.272 e. The summed E-state index contributed by atoms with van der Waals surface area (Å²) in [5, 5.41) is 0. The Balaban J connectivity index is 2.66. The van der Waals surface area contributed by atoms with E-state index in [9.17, 15) is 8.78 Å². The van der Waals surface area contributed by atoms with Crippen LogP contribution in [-0.2, 0) is 0 Å². The summed E-state index contributed by atoms with van der Waals surface area (Å²) in [5.41, 5.74) is 0. The first-order chi connectivity index (χ1) is 6.08. The minimum Gasteiger partial charge on any atom is -0.488 e. The fourth-order valence-corrected chi connectivity index (χ4v) is 2.31. The fraction of sp³-hybridized carbons (Fsp3) is 0.250. The third-order valence-electron chi connectivity index (χ3n) is 1.21. The van der Waals surface area contributed by atoms with E-state index in [0.29, 0.717) is 5.75 Å². The van der Waals surface area contributed by atoms with Crippen molar-refractivity contribution in [3.8, 4) is 5.75 Å². The minimum absolute atomic E-state index is 0.457. The van der Waals surface area contributed by atoms with E-state index >= 15 is 0 Å². The van der Waals surface area contributed by atoms with E-state index in [1.807, 2.05) is 6.07 Å². The highest BCUT2D eigenvalue weighted by Gasteiger charge is 2.04. The summed E-state index contributed by atoms with van der Waals surface area (Å²) in [6.45, 7) is -0.563. The van der Waals surface area contributed by atoms with Gasteiger partial charge in [0, 0.05) is 8.04 Å². The van der Waals surface area contributed by atoms with Crippen molar-refractivity contribution >= 4 is 38.5 Å². The van der Waals surface area contributed by atoms with Crippen LogP contribution >= 0.6 is 38.5 Å². The van der Waals surface area contributed by atoms with Crippen LogP contribution in [0.25, 0.3) is 0 Å². The van der Waals surface area contributed by atoms with Crippen LogP contribution in [0.15, 0.2) is 22.7 Å². The third-order valence-corrected chi connectivity index (χ3v) is 2.29. The number of ether oxygens (including phenoxy) is 1. The Bertz CT molecular complexity index is 273. The van der Waals surface area contributed by atoms with Crippen molar-refractivity contribution < 1.29 is 13.5 Å². The summed E-state index contributed by atoms with van der Waals surface area (Å²) in [6.07, 6.45) is -2.43. The average molecular weight is 363 g/mol. The molecule has 0 unspecified atom stereocenters. The van der Waals surface area contributed by atoms with Gasteiger partial charge in [0.15, 0.2) is 0 Å². The van der Waals surface area contributed by atoms with Crippen LogP contribution in [0.3, 0.4) is 0 Å². The summed E-state index contributed by atoms with van der Waals surface area (Å²) in [4.78, 5) is 0. The Hall–Kier alpha value is 0.0900. The van der Waals surface area contributed by atoms with Crippen LogP contribution in [-0.4, -0.2) is 13.0 Å². The van der Waals surface area contributed by atoms with Crippen LogP contribution in [0, 0.1) is 3.57 Å². The molecule has 0 saturated heterocycles. The van der Waals surface area contributed by atoms with Crippen LogP contribution in [0.2, 0.25) is 0 Å². The van der Waals surface area contributed by atoms with E-state index in [2.05, 4.69) is 38.5 Å². The van der Waals surface area contributed by atoms with Crippen molar-refractivity contribution in [2.75, 3.05) is 6.61 Å². The molecule has 0 amide bonds. The van der Waals surface area contributed by atoms with Crippen LogP contribution in [0.1, 0.15) is 0 Å². The van der Waals surface area contributed by atoms with Gasteiger partial charge in [-0.3, -0.25) is 0 Å². The molecule has 0 atom stereocenters. The molecule has 0 bridgehead atoms. The van der Waals surface area contributed by atoms with E-state index in [1.165, 1.54) is 0 Å². The monoisotopic (exact) mass is 362 g/mol. The SMILES string of the molecule is FC(F)COc1cc(Br)cc(I)c1. The zero-order chi connectivity index (χ0) is 9.84. The molecule has 0 heterocycles. The van der Waals surface area contributed by atoms with E-state index in [1.54, 1.807) is 12.1 Å². The maximum atomic E-state index is 11.8. The molecule has 0 radical (unpaired) electrons. The van der Waals surface area contributed by atoms with Gasteiger partial charge in [0.1, 0.15) is 12.4 Å². The molecule has 13 heavy (non-hydrogen) atoms. The van der Waals surface area contributed by atoms with Gasteiger partial charge in [-0.1, -0.05) is 15.9 Å². The number of hydrogen-bond donors (Lipinski definition) is 0. The molecule has 0 aliphatic carbocycles. The standard InChI is InChI=1S/C8H6BrF2IO/c9-5-1-6(12)3-7(2-5)13-4-8(10)11/h1-3,8H,4H2. The highest BCUT2D eigenvalue weighted by Crippen LogP contribution is 2.22. The van der Waals surface area contributed by atoms with E-state index in [4.69, 9.17) is 4.74 Å². The lowest BCUT2D eigenvalue weighted by atomic mass is 10.3. The number of rotatable bonds is 3. The Morgan fingerprint density at radius 2 is 2.08 bits per heavy atom. The van der Waals surface area contributed by atoms with Gasteiger partial charge in [-0.05, 0) is 40.8 Å². The summed E-state index contributed by atoms with van der Waals surface area (Å²) >= 11 is 5.34. The first kappa shape index (κ1) is 11.2. The van der Waals surface area contributed by atoms with Gasteiger partial charge in [0.25, 0.3) is 6.43 Å². The molecule has 1 aromatic carbocycles. The second kappa shape index (κ2) is 5.09. The highest BCUT2D eigenvalue weighted by atomic mass is 127. The lowest BCUT2D eigenvalue weighted by molar-refractivity contribution is 0.0818. The van der Waals surface area contributed by atoms with Gasteiger partial charge in [0.05, 0.1) is 0 Å². The predicted octanol–water partition coefficient (Wildman–Crippen LogP) is 3.70.